The fourth-order valence-corrected chi connectivity index (χ4v) is 7.66. The minimum atomic E-state index is -4.59. The lowest BCUT2D eigenvalue weighted by molar-refractivity contribution is -0.297. The third kappa shape index (κ3) is 28.7. The highest BCUT2D eigenvalue weighted by atomic mass is 32.2. The van der Waals surface area contributed by atoms with Crippen molar-refractivity contribution in [1.82, 2.24) is 0 Å². The van der Waals surface area contributed by atoms with Crippen molar-refractivity contribution in [3.63, 3.8) is 0 Å². The quantitative estimate of drug-likeness (QED) is 0.0267. The van der Waals surface area contributed by atoms with Gasteiger partial charge in [0.2, 0.25) is 0 Å². The van der Waals surface area contributed by atoms with E-state index >= 15 is 0 Å². The summed E-state index contributed by atoms with van der Waals surface area (Å²) in [6.07, 6.45) is 23.4. The first-order valence-corrected chi connectivity index (χ1v) is 23.7. The Labute approximate surface area is 333 Å². The molecule has 0 aromatic rings. The number of aliphatic hydroxyl groups excluding tert-OH is 3. The molecule has 2 unspecified atom stereocenters. The minimum Gasteiger partial charge on any atom is -0.462 e. The van der Waals surface area contributed by atoms with Crippen LogP contribution in [-0.2, 0) is 38.7 Å². The van der Waals surface area contributed by atoms with E-state index in [0.717, 1.165) is 51.4 Å². The molecule has 55 heavy (non-hydrogen) atoms. The molecule has 13 heteroatoms. The lowest BCUT2D eigenvalue weighted by Gasteiger charge is -2.40. The van der Waals surface area contributed by atoms with Gasteiger partial charge >= 0.3 is 11.9 Å². The molecule has 1 fully saturated rings. The Morgan fingerprint density at radius 2 is 0.927 bits per heavy atom. The number of unbranched alkanes of at least 4 members (excludes halogenated alkanes) is 25. The average molecular weight is 809 g/mol. The SMILES string of the molecule is CCCCCCCCCCCCCCCCCCCCCCC(=O)OC[C@H](CO[C@@H]1O[C@@H](CS(=O)(=O)O)[C@H](O)C(O)C1O)OC(=O)CCCCCCCCC. The Morgan fingerprint density at radius 1 is 0.545 bits per heavy atom. The van der Waals surface area contributed by atoms with Gasteiger partial charge in [-0.1, -0.05) is 174 Å². The molecule has 1 aliphatic heterocycles. The number of hydrogen-bond acceptors (Lipinski definition) is 11. The van der Waals surface area contributed by atoms with Gasteiger partial charge in [-0.2, -0.15) is 8.42 Å². The summed E-state index contributed by atoms with van der Waals surface area (Å²) >= 11 is 0. The molecular weight excluding hydrogens is 729 g/mol. The summed E-state index contributed by atoms with van der Waals surface area (Å²) in [6.45, 7) is 3.71. The standard InChI is InChI=1S/C42H80O12S/c1-3-5-7-9-11-12-13-14-15-16-17-18-19-20-21-22-23-25-26-28-30-37(43)51-32-35(53-38(44)31-29-27-24-10-8-6-4-2)33-52-42-41(47)40(46)39(45)36(54-42)34-55(48,49)50/h35-36,39-42,45-47H,3-34H2,1-2H3,(H,48,49,50)/t35-,36+,39+,40?,41?,42-/m1/s1. The molecule has 0 bridgehead atoms. The summed E-state index contributed by atoms with van der Waals surface area (Å²) in [5.41, 5.74) is 0. The van der Waals surface area contributed by atoms with Crippen LogP contribution >= 0.6 is 0 Å². The van der Waals surface area contributed by atoms with Crippen LogP contribution in [0.1, 0.15) is 200 Å². The Morgan fingerprint density at radius 3 is 1.33 bits per heavy atom. The van der Waals surface area contributed by atoms with Crippen LogP contribution in [0.3, 0.4) is 0 Å². The zero-order valence-corrected chi connectivity index (χ0v) is 35.4. The first-order chi connectivity index (χ1) is 26.5. The van der Waals surface area contributed by atoms with Crippen LogP contribution in [0.2, 0.25) is 0 Å². The number of ether oxygens (including phenoxy) is 4. The van der Waals surface area contributed by atoms with Gasteiger partial charge in [-0.3, -0.25) is 14.1 Å². The highest BCUT2D eigenvalue weighted by Crippen LogP contribution is 2.24. The summed E-state index contributed by atoms with van der Waals surface area (Å²) in [5, 5.41) is 30.7. The van der Waals surface area contributed by atoms with Crippen molar-refractivity contribution in [2.24, 2.45) is 0 Å². The summed E-state index contributed by atoms with van der Waals surface area (Å²) in [7, 11) is -4.59. The molecule has 6 atom stereocenters. The topological polar surface area (TPSA) is 186 Å². The summed E-state index contributed by atoms with van der Waals surface area (Å²) in [4.78, 5) is 25.2. The molecule has 326 valence electrons. The van der Waals surface area contributed by atoms with Crippen molar-refractivity contribution >= 4 is 22.1 Å². The second-order valence-corrected chi connectivity index (χ2v) is 17.2. The lowest BCUT2D eigenvalue weighted by Crippen LogP contribution is -2.60. The molecular formula is C42H80O12S. The molecule has 12 nitrogen and oxygen atoms in total. The van der Waals surface area contributed by atoms with Crippen molar-refractivity contribution in [3.05, 3.63) is 0 Å². The monoisotopic (exact) mass is 809 g/mol. The van der Waals surface area contributed by atoms with E-state index in [4.69, 9.17) is 18.9 Å². The van der Waals surface area contributed by atoms with Crippen molar-refractivity contribution < 1.29 is 56.8 Å². The predicted octanol–water partition coefficient (Wildman–Crippen LogP) is 8.51. The first-order valence-electron chi connectivity index (χ1n) is 22.1. The molecule has 0 aliphatic carbocycles. The fraction of sp³-hybridized carbons (Fsp3) is 0.952. The molecule has 4 N–H and O–H groups in total. The highest BCUT2D eigenvalue weighted by molar-refractivity contribution is 7.85. The molecule has 1 saturated heterocycles. The lowest BCUT2D eigenvalue weighted by atomic mass is 10.00. The highest BCUT2D eigenvalue weighted by Gasteiger charge is 2.46. The van der Waals surface area contributed by atoms with Gasteiger partial charge in [0.25, 0.3) is 10.1 Å². The maximum atomic E-state index is 12.7. The van der Waals surface area contributed by atoms with Crippen LogP contribution in [0.4, 0.5) is 0 Å². The molecule has 1 rings (SSSR count). The van der Waals surface area contributed by atoms with E-state index in [2.05, 4.69) is 13.8 Å². The Hall–Kier alpha value is -1.35. The van der Waals surface area contributed by atoms with Gasteiger partial charge in [0.15, 0.2) is 12.4 Å². The number of hydrogen-bond donors (Lipinski definition) is 4. The molecule has 0 spiro atoms. The van der Waals surface area contributed by atoms with E-state index in [9.17, 15) is 37.9 Å². The van der Waals surface area contributed by atoms with Gasteiger partial charge < -0.3 is 34.3 Å². The number of aliphatic hydroxyl groups is 3. The van der Waals surface area contributed by atoms with E-state index in [1.165, 1.54) is 109 Å². The molecule has 0 aromatic carbocycles. The van der Waals surface area contributed by atoms with Gasteiger partial charge in [0, 0.05) is 12.8 Å². The van der Waals surface area contributed by atoms with Crippen LogP contribution in [0.15, 0.2) is 0 Å². The normalized spacial score (nSPS) is 20.7. The molecule has 0 saturated carbocycles. The smallest absolute Gasteiger partial charge is 0.306 e. The summed E-state index contributed by atoms with van der Waals surface area (Å²) < 4.78 is 53.8. The largest absolute Gasteiger partial charge is 0.462 e. The van der Waals surface area contributed by atoms with E-state index in [-0.39, 0.29) is 19.4 Å². The third-order valence-electron chi connectivity index (χ3n) is 10.4. The Kier molecular flexibility index (Phi) is 31.6. The zero-order chi connectivity index (χ0) is 40.6. The second kappa shape index (κ2) is 33.6. The van der Waals surface area contributed by atoms with Gasteiger partial charge in [-0.05, 0) is 12.8 Å². The Balaban J connectivity index is 2.32. The Bertz CT molecular complexity index is 1040. The molecule has 0 amide bonds. The summed E-state index contributed by atoms with van der Waals surface area (Å²) in [6, 6.07) is 0. The van der Waals surface area contributed by atoms with Crippen LogP contribution in [-0.4, -0.2) is 96.0 Å². The number of esters is 2. The van der Waals surface area contributed by atoms with Gasteiger partial charge in [-0.25, -0.2) is 0 Å². The first kappa shape index (κ1) is 51.7. The average Bonchev–Trinajstić information content (AvgIpc) is 3.14. The van der Waals surface area contributed by atoms with Crippen molar-refractivity contribution in [2.75, 3.05) is 19.0 Å². The van der Waals surface area contributed by atoms with Gasteiger partial charge in [0.1, 0.15) is 36.8 Å². The van der Waals surface area contributed by atoms with Gasteiger partial charge in [0.05, 0.1) is 6.61 Å². The summed E-state index contributed by atoms with van der Waals surface area (Å²) in [5.74, 6) is -1.97. The molecule has 1 heterocycles. The van der Waals surface area contributed by atoms with E-state index in [0.29, 0.717) is 12.8 Å². The zero-order valence-electron chi connectivity index (χ0n) is 34.6. The van der Waals surface area contributed by atoms with Crippen molar-refractivity contribution in [3.8, 4) is 0 Å². The third-order valence-corrected chi connectivity index (χ3v) is 11.2. The van der Waals surface area contributed by atoms with E-state index < -0.39 is 71.2 Å². The molecule has 1 aliphatic rings. The van der Waals surface area contributed by atoms with E-state index in [1.54, 1.807) is 0 Å². The van der Waals surface area contributed by atoms with Crippen molar-refractivity contribution in [1.29, 1.82) is 0 Å². The maximum Gasteiger partial charge on any atom is 0.306 e. The van der Waals surface area contributed by atoms with Crippen LogP contribution in [0, 0.1) is 0 Å². The number of rotatable bonds is 37. The fourth-order valence-electron chi connectivity index (χ4n) is 6.97. The van der Waals surface area contributed by atoms with Crippen LogP contribution in [0.5, 0.6) is 0 Å². The maximum absolute atomic E-state index is 12.7. The molecule has 0 radical (unpaired) electrons. The number of carbonyl (C=O) groups excluding carboxylic acids is 2. The number of carbonyl (C=O) groups is 2. The minimum absolute atomic E-state index is 0.168. The van der Waals surface area contributed by atoms with Gasteiger partial charge in [-0.15, -0.1) is 0 Å². The predicted molar refractivity (Wildman–Crippen MR) is 215 cm³/mol. The van der Waals surface area contributed by atoms with Crippen LogP contribution < -0.4 is 0 Å². The van der Waals surface area contributed by atoms with Crippen LogP contribution in [0.25, 0.3) is 0 Å². The van der Waals surface area contributed by atoms with E-state index in [1.807, 2.05) is 0 Å². The second-order valence-electron chi connectivity index (χ2n) is 15.7. The van der Waals surface area contributed by atoms with Crippen molar-refractivity contribution in [2.45, 2.75) is 237 Å². The molecule has 0 aromatic heterocycles.